The summed E-state index contributed by atoms with van der Waals surface area (Å²) in [6.07, 6.45) is 0. The van der Waals surface area contributed by atoms with E-state index in [0.717, 1.165) is 4.57 Å². The highest BCUT2D eigenvalue weighted by atomic mass is 35.5. The zero-order chi connectivity index (χ0) is 16.9. The largest absolute Gasteiger partial charge is 0.333 e. The molecule has 0 bridgehead atoms. The van der Waals surface area contributed by atoms with Gasteiger partial charge in [-0.05, 0) is 12.1 Å². The summed E-state index contributed by atoms with van der Waals surface area (Å²) in [7, 11) is 0. The van der Waals surface area contributed by atoms with Crippen molar-refractivity contribution >= 4 is 68.9 Å². The number of nitrogens with zero attached hydrogens (tertiary/aromatic N) is 1. The maximum absolute atomic E-state index is 12.7. The van der Waals surface area contributed by atoms with Crippen LogP contribution in [0.5, 0.6) is 0 Å². The normalized spacial score (nSPS) is 11.2. The van der Waals surface area contributed by atoms with Crippen LogP contribution in [-0.2, 0) is 0 Å². The zero-order valence-electron chi connectivity index (χ0n) is 11.0. The Hall–Kier alpha value is -1.17. The summed E-state index contributed by atoms with van der Waals surface area (Å²) in [4.78, 5) is 27.6. The molecule has 0 aliphatic heterocycles. The Kier molecular flexibility index (Phi) is 4.38. The van der Waals surface area contributed by atoms with Gasteiger partial charge < -0.3 is 4.98 Å². The lowest BCUT2D eigenvalue weighted by Gasteiger charge is -2.14. The van der Waals surface area contributed by atoms with E-state index in [4.69, 9.17) is 58.0 Å². The molecule has 0 aliphatic carbocycles. The van der Waals surface area contributed by atoms with E-state index in [-0.39, 0.29) is 36.2 Å². The number of hydrogen-bond acceptors (Lipinski definition) is 2. The molecule has 4 nitrogen and oxygen atoms in total. The summed E-state index contributed by atoms with van der Waals surface area (Å²) in [6.45, 7) is 0. The summed E-state index contributed by atoms with van der Waals surface area (Å²) in [5.74, 6) is 0. The smallest absolute Gasteiger partial charge is 0.306 e. The lowest BCUT2D eigenvalue weighted by molar-refractivity contribution is 0.902. The molecule has 0 aliphatic rings. The molecule has 1 aromatic heterocycles. The lowest BCUT2D eigenvalue weighted by Crippen LogP contribution is -2.34. The van der Waals surface area contributed by atoms with Gasteiger partial charge in [-0.25, -0.2) is 9.36 Å². The van der Waals surface area contributed by atoms with Gasteiger partial charge in [-0.2, -0.15) is 0 Å². The molecule has 3 rings (SSSR count). The van der Waals surface area contributed by atoms with Crippen LogP contribution in [0.4, 0.5) is 0 Å². The molecule has 3 aromatic rings. The molecule has 2 aromatic carbocycles. The van der Waals surface area contributed by atoms with Crippen molar-refractivity contribution < 1.29 is 0 Å². The molecule has 23 heavy (non-hydrogen) atoms. The third-order valence-corrected chi connectivity index (χ3v) is 5.47. The van der Waals surface area contributed by atoms with Crippen molar-refractivity contribution in [3.63, 3.8) is 0 Å². The third-order valence-electron chi connectivity index (χ3n) is 3.22. The van der Waals surface area contributed by atoms with Crippen LogP contribution < -0.4 is 11.2 Å². The molecule has 0 amide bonds. The topological polar surface area (TPSA) is 54.9 Å². The van der Waals surface area contributed by atoms with Gasteiger partial charge in [0.15, 0.2) is 0 Å². The molecule has 0 spiro atoms. The van der Waals surface area contributed by atoms with Gasteiger partial charge in [0.25, 0.3) is 5.56 Å². The van der Waals surface area contributed by atoms with E-state index in [1.165, 1.54) is 0 Å². The number of halogens is 5. The minimum absolute atomic E-state index is 0.0580. The number of fused-ring (bicyclic) bond motifs is 1. The molecule has 1 heterocycles. The Morgan fingerprint density at radius 1 is 0.783 bits per heavy atom. The van der Waals surface area contributed by atoms with Gasteiger partial charge in [-0.3, -0.25) is 4.79 Å². The Balaban J connectivity index is 2.53. The third kappa shape index (κ3) is 2.55. The minimum atomic E-state index is -0.730. The fourth-order valence-corrected chi connectivity index (χ4v) is 3.45. The van der Waals surface area contributed by atoms with Crippen LogP contribution in [0.25, 0.3) is 16.6 Å². The highest BCUT2D eigenvalue weighted by Gasteiger charge is 2.23. The van der Waals surface area contributed by atoms with Crippen molar-refractivity contribution in [1.82, 2.24) is 9.55 Å². The second-order valence-electron chi connectivity index (χ2n) is 4.53. The number of aromatic amines is 1. The second kappa shape index (κ2) is 6.04. The van der Waals surface area contributed by atoms with Crippen molar-refractivity contribution in [2.45, 2.75) is 0 Å². The van der Waals surface area contributed by atoms with Crippen molar-refractivity contribution in [2.75, 3.05) is 0 Å². The van der Waals surface area contributed by atoms with E-state index in [9.17, 15) is 9.59 Å². The van der Waals surface area contributed by atoms with Gasteiger partial charge in [-0.1, -0.05) is 70.1 Å². The minimum Gasteiger partial charge on any atom is -0.306 e. The predicted molar refractivity (Wildman–Crippen MR) is 95.2 cm³/mol. The Morgan fingerprint density at radius 3 is 1.91 bits per heavy atom. The molecular weight excluding hydrogens is 405 g/mol. The Morgan fingerprint density at radius 2 is 1.30 bits per heavy atom. The number of H-pyrrole nitrogens is 1. The van der Waals surface area contributed by atoms with Crippen LogP contribution in [0.2, 0.25) is 25.1 Å². The van der Waals surface area contributed by atoms with Crippen molar-refractivity contribution in [3.8, 4) is 5.69 Å². The van der Waals surface area contributed by atoms with Gasteiger partial charge in [0.2, 0.25) is 0 Å². The van der Waals surface area contributed by atoms with E-state index >= 15 is 0 Å². The SMILES string of the molecule is O=c1[nH]c2ccccc2c(=O)n1-c1c(Cl)c(Cl)c(Cl)c(Cl)c1Cl. The second-order valence-corrected chi connectivity index (χ2v) is 6.42. The average Bonchev–Trinajstić information content (AvgIpc) is 2.54. The van der Waals surface area contributed by atoms with Crippen molar-refractivity contribution in [3.05, 3.63) is 70.2 Å². The molecule has 0 saturated carbocycles. The fraction of sp³-hybridized carbons (Fsp3) is 0. The average molecular weight is 410 g/mol. The van der Waals surface area contributed by atoms with E-state index < -0.39 is 11.2 Å². The summed E-state index contributed by atoms with van der Waals surface area (Å²) in [5, 5.41) is -0.268. The fourth-order valence-electron chi connectivity index (χ4n) is 2.16. The van der Waals surface area contributed by atoms with Crippen LogP contribution in [-0.4, -0.2) is 9.55 Å². The zero-order valence-corrected chi connectivity index (χ0v) is 14.7. The molecule has 9 heteroatoms. The van der Waals surface area contributed by atoms with Crippen LogP contribution >= 0.6 is 58.0 Å². The number of nitrogens with one attached hydrogen (secondary N) is 1. The quantitative estimate of drug-likeness (QED) is 0.456. The van der Waals surface area contributed by atoms with Gasteiger partial charge in [0, 0.05) is 0 Å². The van der Waals surface area contributed by atoms with Crippen molar-refractivity contribution in [1.29, 1.82) is 0 Å². The highest BCUT2D eigenvalue weighted by Crippen LogP contribution is 2.44. The number of hydrogen-bond donors (Lipinski definition) is 1. The van der Waals surface area contributed by atoms with E-state index in [2.05, 4.69) is 4.98 Å². The van der Waals surface area contributed by atoms with Crippen LogP contribution in [0, 0.1) is 0 Å². The first-order valence-electron chi connectivity index (χ1n) is 6.10. The maximum atomic E-state index is 12.7. The van der Waals surface area contributed by atoms with Gasteiger partial charge >= 0.3 is 5.69 Å². The van der Waals surface area contributed by atoms with Crippen LogP contribution in [0.1, 0.15) is 0 Å². The predicted octanol–water partition coefficient (Wildman–Crippen LogP) is 4.95. The number of rotatable bonds is 1. The molecule has 0 unspecified atom stereocenters. The van der Waals surface area contributed by atoms with E-state index in [0.29, 0.717) is 5.52 Å². The Bertz CT molecular complexity index is 1040. The standard InChI is InChI=1S/C14H5Cl5N2O2/c15-7-8(16)10(18)12(11(19)9(7)17)21-13(22)5-3-1-2-4-6(5)20-14(21)23/h1-4H,(H,20,23). The van der Waals surface area contributed by atoms with E-state index in [1.54, 1.807) is 24.3 Å². The molecule has 1 N–H and O–H groups in total. The number of aromatic nitrogens is 2. The monoisotopic (exact) mass is 408 g/mol. The maximum Gasteiger partial charge on any atom is 0.333 e. The number of para-hydroxylation sites is 1. The van der Waals surface area contributed by atoms with Gasteiger partial charge in [-0.15, -0.1) is 0 Å². The first-order chi connectivity index (χ1) is 10.8. The summed E-state index contributed by atoms with van der Waals surface area (Å²) in [5.41, 5.74) is -1.07. The first-order valence-corrected chi connectivity index (χ1v) is 7.99. The van der Waals surface area contributed by atoms with E-state index in [1.807, 2.05) is 0 Å². The lowest BCUT2D eigenvalue weighted by atomic mass is 10.2. The first kappa shape index (κ1) is 16.7. The molecular formula is C14H5Cl5N2O2. The molecule has 0 radical (unpaired) electrons. The molecule has 118 valence electrons. The summed E-state index contributed by atoms with van der Waals surface area (Å²) < 4.78 is 0.779. The Labute approximate surface area is 154 Å². The summed E-state index contributed by atoms with van der Waals surface area (Å²) >= 11 is 30.2. The molecule has 0 fully saturated rings. The van der Waals surface area contributed by atoms with Crippen molar-refractivity contribution in [2.24, 2.45) is 0 Å². The van der Waals surface area contributed by atoms with Crippen LogP contribution in [0.3, 0.4) is 0 Å². The van der Waals surface area contributed by atoms with Crippen LogP contribution in [0.15, 0.2) is 33.9 Å². The molecule has 0 atom stereocenters. The molecule has 0 saturated heterocycles. The van der Waals surface area contributed by atoms with Gasteiger partial charge in [0.1, 0.15) is 0 Å². The van der Waals surface area contributed by atoms with Gasteiger partial charge in [0.05, 0.1) is 41.7 Å². The number of benzene rings is 2. The highest BCUT2D eigenvalue weighted by molar-refractivity contribution is 6.56. The summed E-state index contributed by atoms with van der Waals surface area (Å²) in [6, 6.07) is 6.52.